The first kappa shape index (κ1) is 19.8. The van der Waals surface area contributed by atoms with Gasteiger partial charge in [-0.15, -0.1) is 0 Å². The number of hydrogen-bond donors (Lipinski definition) is 2. The number of likely N-dealkylation sites (N-methyl/N-ethyl adjacent to an activating group) is 1. The van der Waals surface area contributed by atoms with E-state index in [-0.39, 0.29) is 5.91 Å². The Bertz CT molecular complexity index is 919. The largest absolute Gasteiger partial charge is 0.494 e. The molecular formula is C22H25N5O3. The number of carbonyl (C=O) groups excluding carboxylic acids is 2. The third-order valence-corrected chi connectivity index (χ3v) is 5.23. The average molecular weight is 407 g/mol. The summed E-state index contributed by atoms with van der Waals surface area (Å²) in [5.74, 6) is 1.11. The number of para-hydroxylation sites is 1. The molecule has 3 amide bonds. The minimum atomic E-state index is -0.529. The number of rotatable bonds is 7. The highest BCUT2D eigenvalue weighted by Crippen LogP contribution is 2.21. The van der Waals surface area contributed by atoms with E-state index < -0.39 is 18.2 Å². The summed E-state index contributed by atoms with van der Waals surface area (Å²) in [5, 5.41) is 5.68. The van der Waals surface area contributed by atoms with Gasteiger partial charge in [0.1, 0.15) is 11.9 Å². The second-order valence-electron chi connectivity index (χ2n) is 7.27. The molecule has 0 spiro atoms. The van der Waals surface area contributed by atoms with E-state index in [1.54, 1.807) is 7.05 Å². The van der Waals surface area contributed by atoms with Crippen LogP contribution in [-0.4, -0.2) is 60.1 Å². The van der Waals surface area contributed by atoms with Crippen LogP contribution >= 0.6 is 0 Å². The van der Waals surface area contributed by atoms with E-state index in [4.69, 9.17) is 9.73 Å². The number of imide groups is 1. The van der Waals surface area contributed by atoms with Crippen molar-refractivity contribution < 1.29 is 14.3 Å². The quantitative estimate of drug-likeness (QED) is 0.684. The molecule has 0 saturated carbocycles. The second kappa shape index (κ2) is 8.86. The molecule has 2 fully saturated rings. The Kier molecular flexibility index (Phi) is 5.83. The third kappa shape index (κ3) is 4.22. The van der Waals surface area contributed by atoms with E-state index in [2.05, 4.69) is 10.6 Å². The van der Waals surface area contributed by atoms with Gasteiger partial charge in [0.15, 0.2) is 12.0 Å². The predicted molar refractivity (Wildman–Crippen MR) is 113 cm³/mol. The van der Waals surface area contributed by atoms with Crippen molar-refractivity contribution in [2.75, 3.05) is 20.2 Å². The number of hydrogen-bond acceptors (Lipinski definition) is 4. The molecule has 0 aliphatic carbocycles. The fourth-order valence-corrected chi connectivity index (χ4v) is 3.66. The molecule has 2 saturated heterocycles. The normalized spacial score (nSPS) is 22.0. The molecule has 8 heteroatoms. The van der Waals surface area contributed by atoms with E-state index in [9.17, 15) is 9.59 Å². The molecule has 30 heavy (non-hydrogen) atoms. The lowest BCUT2D eigenvalue weighted by Crippen LogP contribution is -2.64. The number of carbonyl (C=O) groups is 2. The number of ether oxygens (including phenoxy) is 1. The Labute approximate surface area is 175 Å². The van der Waals surface area contributed by atoms with Gasteiger partial charge in [0.25, 0.3) is 5.91 Å². The van der Waals surface area contributed by atoms with Crippen LogP contribution in [0.5, 0.6) is 5.75 Å². The highest BCUT2D eigenvalue weighted by Gasteiger charge is 2.49. The zero-order chi connectivity index (χ0) is 20.9. The van der Waals surface area contributed by atoms with Crippen LogP contribution in [0, 0.1) is 0 Å². The van der Waals surface area contributed by atoms with Crippen LogP contribution in [0.25, 0.3) is 0 Å². The van der Waals surface area contributed by atoms with Crippen molar-refractivity contribution in [1.29, 1.82) is 0 Å². The summed E-state index contributed by atoms with van der Waals surface area (Å²) in [6.45, 7) is 1.57. The van der Waals surface area contributed by atoms with Gasteiger partial charge >= 0.3 is 6.03 Å². The van der Waals surface area contributed by atoms with Gasteiger partial charge in [0.05, 0.1) is 13.2 Å². The number of benzene rings is 2. The zero-order valence-corrected chi connectivity index (χ0v) is 16.8. The van der Waals surface area contributed by atoms with E-state index in [0.717, 1.165) is 11.3 Å². The van der Waals surface area contributed by atoms with E-state index >= 15 is 0 Å². The zero-order valence-electron chi connectivity index (χ0n) is 16.8. The summed E-state index contributed by atoms with van der Waals surface area (Å²) in [4.78, 5) is 32.8. The maximum absolute atomic E-state index is 12.6. The smallest absolute Gasteiger partial charge is 0.325 e. The number of urea groups is 1. The Balaban J connectivity index is 1.47. The van der Waals surface area contributed by atoms with Crippen LogP contribution in [0.3, 0.4) is 0 Å². The number of nitrogens with zero attached hydrogens (tertiary/aromatic N) is 3. The minimum absolute atomic E-state index is 0.315. The van der Waals surface area contributed by atoms with Crippen molar-refractivity contribution >= 4 is 17.9 Å². The van der Waals surface area contributed by atoms with Crippen LogP contribution in [-0.2, 0) is 11.3 Å². The lowest BCUT2D eigenvalue weighted by atomic mass is 10.1. The molecule has 0 aromatic heterocycles. The molecule has 2 heterocycles. The standard InChI is InChI=1S/C22H25N5O3/c1-26-19-18(20(28)25-22(26)29)27(13-8-14-30-17-11-6-3-7-12-17)21(24-19)23-15-16-9-4-2-5-10-16/h2-7,9-12,18-19H,8,13-15H2,1H3,(H,23,24)(H,25,28,29). The third-order valence-electron chi connectivity index (χ3n) is 5.23. The van der Waals surface area contributed by atoms with Gasteiger partial charge in [-0.3, -0.25) is 10.1 Å². The monoisotopic (exact) mass is 407 g/mol. The number of nitrogens with one attached hydrogen (secondary N) is 2. The van der Waals surface area contributed by atoms with Crippen molar-refractivity contribution in [1.82, 2.24) is 20.4 Å². The minimum Gasteiger partial charge on any atom is -0.494 e. The SMILES string of the molecule is CN1C(=O)NC(=O)C2C1NC(=NCc1ccccc1)N2CCCOc1ccccc1. The molecule has 8 nitrogen and oxygen atoms in total. The summed E-state index contributed by atoms with van der Waals surface area (Å²) in [6, 6.07) is 18.6. The molecule has 2 N–H and O–H groups in total. The first-order valence-electron chi connectivity index (χ1n) is 10.0. The molecule has 0 bridgehead atoms. The highest BCUT2D eigenvalue weighted by molar-refractivity contribution is 6.04. The topological polar surface area (TPSA) is 86.3 Å². The fourth-order valence-electron chi connectivity index (χ4n) is 3.66. The number of aliphatic imine (C=N–C) groups is 1. The molecule has 2 atom stereocenters. The maximum atomic E-state index is 12.6. The number of guanidine groups is 1. The molecule has 2 aromatic carbocycles. The van der Waals surface area contributed by atoms with Crippen molar-refractivity contribution in [3.05, 3.63) is 66.2 Å². The van der Waals surface area contributed by atoms with Crippen LogP contribution < -0.4 is 15.4 Å². The van der Waals surface area contributed by atoms with Crippen LogP contribution in [0.4, 0.5) is 4.79 Å². The Morgan fingerprint density at radius 3 is 2.47 bits per heavy atom. The summed E-state index contributed by atoms with van der Waals surface area (Å²) < 4.78 is 5.78. The predicted octanol–water partition coefficient (Wildman–Crippen LogP) is 1.79. The van der Waals surface area contributed by atoms with Gasteiger partial charge in [0, 0.05) is 13.6 Å². The summed E-state index contributed by atoms with van der Waals surface area (Å²) in [6.07, 6.45) is 0.255. The number of amides is 3. The highest BCUT2D eigenvalue weighted by atomic mass is 16.5. The Hall–Kier alpha value is -3.55. The van der Waals surface area contributed by atoms with E-state index in [1.165, 1.54) is 4.90 Å². The van der Waals surface area contributed by atoms with Gasteiger partial charge < -0.3 is 19.9 Å². The van der Waals surface area contributed by atoms with Gasteiger partial charge in [-0.1, -0.05) is 48.5 Å². The molecule has 0 radical (unpaired) electrons. The number of fused-ring (bicyclic) bond motifs is 1. The maximum Gasteiger partial charge on any atom is 0.325 e. The van der Waals surface area contributed by atoms with Gasteiger partial charge in [-0.25, -0.2) is 9.79 Å². The molecule has 2 aliphatic heterocycles. The molecule has 2 aromatic rings. The van der Waals surface area contributed by atoms with Crippen molar-refractivity contribution in [2.24, 2.45) is 4.99 Å². The van der Waals surface area contributed by atoms with Gasteiger partial charge in [-0.2, -0.15) is 0 Å². The van der Waals surface area contributed by atoms with Crippen LogP contribution in [0.1, 0.15) is 12.0 Å². The Morgan fingerprint density at radius 2 is 1.73 bits per heavy atom. The summed E-state index contributed by atoms with van der Waals surface area (Å²) in [7, 11) is 1.67. The van der Waals surface area contributed by atoms with Gasteiger partial charge in [0.2, 0.25) is 0 Å². The molecule has 2 unspecified atom stereocenters. The van der Waals surface area contributed by atoms with E-state index in [1.807, 2.05) is 65.6 Å². The molecule has 156 valence electrons. The van der Waals surface area contributed by atoms with Crippen molar-refractivity contribution in [3.63, 3.8) is 0 Å². The van der Waals surface area contributed by atoms with Gasteiger partial charge in [-0.05, 0) is 24.1 Å². The first-order valence-corrected chi connectivity index (χ1v) is 10.0. The molecular weight excluding hydrogens is 382 g/mol. The van der Waals surface area contributed by atoms with Crippen molar-refractivity contribution in [3.8, 4) is 5.75 Å². The molecule has 4 rings (SSSR count). The van der Waals surface area contributed by atoms with Crippen LogP contribution in [0.15, 0.2) is 65.7 Å². The fraction of sp³-hybridized carbons (Fsp3) is 0.318. The Morgan fingerprint density at radius 1 is 1.03 bits per heavy atom. The lowest BCUT2D eigenvalue weighted by Gasteiger charge is -2.35. The lowest BCUT2D eigenvalue weighted by molar-refractivity contribution is -0.127. The summed E-state index contributed by atoms with van der Waals surface area (Å²) >= 11 is 0. The molecule has 2 aliphatic rings. The second-order valence-corrected chi connectivity index (χ2v) is 7.27. The summed E-state index contributed by atoms with van der Waals surface area (Å²) in [5.41, 5.74) is 1.07. The van der Waals surface area contributed by atoms with E-state index in [0.29, 0.717) is 32.1 Å². The average Bonchev–Trinajstić information content (AvgIpc) is 3.14. The van der Waals surface area contributed by atoms with Crippen molar-refractivity contribution in [2.45, 2.75) is 25.2 Å². The first-order chi connectivity index (χ1) is 14.6. The van der Waals surface area contributed by atoms with Crippen LogP contribution in [0.2, 0.25) is 0 Å².